The maximum atomic E-state index is 10.4. The first-order valence-electron chi connectivity index (χ1n) is 5.50. The Balaban J connectivity index is 1.93. The lowest BCUT2D eigenvalue weighted by atomic mass is 9.99. The molecule has 0 bridgehead atoms. The number of carbonyl (C=O) groups is 1. The number of nitrogens with zero attached hydrogens (tertiary/aromatic N) is 1. The minimum Gasteiger partial charge on any atom is -0.481 e. The van der Waals surface area contributed by atoms with E-state index in [0.29, 0.717) is 12.3 Å². The maximum absolute atomic E-state index is 10.4. The lowest BCUT2D eigenvalue weighted by Crippen LogP contribution is -2.12. The Morgan fingerprint density at radius 1 is 1.56 bits per heavy atom. The van der Waals surface area contributed by atoms with E-state index in [1.807, 2.05) is 6.20 Å². The molecule has 88 valence electrons. The third-order valence-corrected chi connectivity index (χ3v) is 3.97. The summed E-state index contributed by atoms with van der Waals surface area (Å²) in [6.07, 6.45) is 4.73. The second-order valence-corrected chi connectivity index (χ2v) is 5.08. The van der Waals surface area contributed by atoms with E-state index < -0.39 is 5.97 Å². The Morgan fingerprint density at radius 3 is 3.00 bits per heavy atom. The van der Waals surface area contributed by atoms with Crippen LogP contribution >= 0.6 is 11.3 Å². The molecule has 2 heterocycles. The van der Waals surface area contributed by atoms with Crippen molar-refractivity contribution >= 4 is 17.3 Å². The molecule has 1 aliphatic heterocycles. The van der Waals surface area contributed by atoms with Gasteiger partial charge in [0.05, 0.1) is 11.4 Å². The molecule has 0 aromatic carbocycles. The van der Waals surface area contributed by atoms with Crippen LogP contribution in [0.4, 0.5) is 0 Å². The average molecular weight is 241 g/mol. The lowest BCUT2D eigenvalue weighted by molar-refractivity contribution is -0.136. The fourth-order valence-electron chi connectivity index (χ4n) is 1.82. The molecule has 16 heavy (non-hydrogen) atoms. The lowest BCUT2D eigenvalue weighted by Gasteiger charge is -2.20. The molecule has 1 saturated heterocycles. The van der Waals surface area contributed by atoms with E-state index in [-0.39, 0.29) is 6.42 Å². The highest BCUT2D eigenvalue weighted by Gasteiger charge is 2.18. The highest BCUT2D eigenvalue weighted by Crippen LogP contribution is 2.31. The number of carboxylic acids is 1. The summed E-state index contributed by atoms with van der Waals surface area (Å²) in [4.78, 5) is 16.0. The summed E-state index contributed by atoms with van der Waals surface area (Å²) in [5, 5.41) is 9.52. The van der Waals surface area contributed by atoms with Crippen LogP contribution in [0.5, 0.6) is 0 Å². The largest absolute Gasteiger partial charge is 0.481 e. The van der Waals surface area contributed by atoms with Crippen LogP contribution in [0.2, 0.25) is 0 Å². The number of thiazole rings is 1. The van der Waals surface area contributed by atoms with Crippen LogP contribution in [0.25, 0.3) is 0 Å². The molecule has 0 aliphatic carbocycles. The van der Waals surface area contributed by atoms with Crippen LogP contribution in [0.3, 0.4) is 0 Å². The molecule has 1 aromatic rings. The summed E-state index contributed by atoms with van der Waals surface area (Å²) >= 11 is 1.65. The van der Waals surface area contributed by atoms with Crippen molar-refractivity contribution in [3.8, 4) is 0 Å². The zero-order valence-corrected chi connectivity index (χ0v) is 9.83. The first-order valence-corrected chi connectivity index (χ1v) is 6.31. The van der Waals surface area contributed by atoms with Crippen LogP contribution in [0.15, 0.2) is 6.20 Å². The summed E-state index contributed by atoms with van der Waals surface area (Å²) in [6.45, 7) is 1.65. The molecule has 1 fully saturated rings. The van der Waals surface area contributed by atoms with Crippen molar-refractivity contribution in [3.63, 3.8) is 0 Å². The van der Waals surface area contributed by atoms with E-state index in [1.165, 1.54) is 4.88 Å². The molecule has 2 rings (SSSR count). The van der Waals surface area contributed by atoms with Crippen molar-refractivity contribution in [3.05, 3.63) is 16.1 Å². The van der Waals surface area contributed by atoms with Crippen LogP contribution in [-0.4, -0.2) is 29.3 Å². The number of ether oxygens (including phenoxy) is 1. The van der Waals surface area contributed by atoms with Gasteiger partial charge in [-0.05, 0) is 18.8 Å². The van der Waals surface area contributed by atoms with Gasteiger partial charge >= 0.3 is 5.97 Å². The highest BCUT2D eigenvalue weighted by molar-refractivity contribution is 7.11. The van der Waals surface area contributed by atoms with Gasteiger partial charge in [0.2, 0.25) is 0 Å². The minimum atomic E-state index is -0.761. The normalized spacial score (nSPS) is 17.5. The predicted octanol–water partition coefficient (Wildman–Crippen LogP) is 2.05. The van der Waals surface area contributed by atoms with E-state index in [9.17, 15) is 4.79 Å². The smallest absolute Gasteiger partial charge is 0.303 e. The van der Waals surface area contributed by atoms with Crippen molar-refractivity contribution in [1.29, 1.82) is 0 Å². The fourth-order valence-corrected chi connectivity index (χ4v) is 2.91. The average Bonchev–Trinajstić information content (AvgIpc) is 2.76. The van der Waals surface area contributed by atoms with Crippen LogP contribution in [0.1, 0.15) is 35.1 Å². The van der Waals surface area contributed by atoms with Crippen molar-refractivity contribution < 1.29 is 14.6 Å². The van der Waals surface area contributed by atoms with Crippen molar-refractivity contribution in [2.24, 2.45) is 0 Å². The number of aryl methyl sites for hydroxylation is 1. The van der Waals surface area contributed by atoms with Gasteiger partial charge in [-0.1, -0.05) is 0 Å². The Labute approximate surface area is 98.3 Å². The summed E-state index contributed by atoms with van der Waals surface area (Å²) in [5.41, 5.74) is 0. The Bertz CT molecular complexity index is 358. The number of rotatable bonds is 4. The van der Waals surface area contributed by atoms with Crippen molar-refractivity contribution in [1.82, 2.24) is 4.98 Å². The zero-order chi connectivity index (χ0) is 11.4. The van der Waals surface area contributed by atoms with Gasteiger partial charge in [-0.15, -0.1) is 11.3 Å². The van der Waals surface area contributed by atoms with Gasteiger partial charge in [0.15, 0.2) is 0 Å². The second kappa shape index (κ2) is 5.41. The summed E-state index contributed by atoms with van der Waals surface area (Å²) in [7, 11) is 0. The van der Waals surface area contributed by atoms with Crippen molar-refractivity contribution in [2.75, 3.05) is 13.2 Å². The molecule has 1 aliphatic rings. The third-order valence-electron chi connectivity index (χ3n) is 2.75. The molecule has 4 nitrogen and oxygen atoms in total. The monoisotopic (exact) mass is 241 g/mol. The van der Waals surface area contributed by atoms with Gasteiger partial charge in [0, 0.05) is 30.7 Å². The Kier molecular flexibility index (Phi) is 3.90. The standard InChI is InChI=1S/C11H15NO3S/c13-11(14)2-1-10-12-7-9(16-10)8-3-5-15-6-4-8/h7-8H,1-6H2,(H,13,14). The van der Waals surface area contributed by atoms with E-state index in [4.69, 9.17) is 9.84 Å². The zero-order valence-electron chi connectivity index (χ0n) is 9.02. The molecule has 0 spiro atoms. The molecule has 0 amide bonds. The molecular weight excluding hydrogens is 226 g/mol. The van der Waals surface area contributed by atoms with E-state index >= 15 is 0 Å². The summed E-state index contributed by atoms with van der Waals surface area (Å²) < 4.78 is 5.31. The molecule has 0 saturated carbocycles. The minimum absolute atomic E-state index is 0.167. The number of aliphatic carboxylic acids is 1. The number of aromatic nitrogens is 1. The SMILES string of the molecule is O=C(O)CCc1ncc(C2CCOCC2)s1. The second-order valence-electron chi connectivity index (χ2n) is 3.94. The number of carboxylic acid groups (broad SMARTS) is 1. The molecule has 0 radical (unpaired) electrons. The van der Waals surface area contributed by atoms with Gasteiger partial charge < -0.3 is 9.84 Å². The van der Waals surface area contributed by atoms with Crippen LogP contribution < -0.4 is 0 Å². The van der Waals surface area contributed by atoms with E-state index in [0.717, 1.165) is 31.1 Å². The van der Waals surface area contributed by atoms with Crippen LogP contribution in [0, 0.1) is 0 Å². The van der Waals surface area contributed by atoms with Crippen LogP contribution in [-0.2, 0) is 16.0 Å². The first-order chi connectivity index (χ1) is 7.75. The van der Waals surface area contributed by atoms with Gasteiger partial charge in [-0.25, -0.2) is 4.98 Å². The van der Waals surface area contributed by atoms with Gasteiger partial charge in [0.25, 0.3) is 0 Å². The quantitative estimate of drug-likeness (QED) is 0.876. The van der Waals surface area contributed by atoms with Gasteiger partial charge in [-0.2, -0.15) is 0 Å². The molecular formula is C11H15NO3S. The van der Waals surface area contributed by atoms with Gasteiger partial charge in [0.1, 0.15) is 0 Å². The Hall–Kier alpha value is -0.940. The molecule has 0 atom stereocenters. The Morgan fingerprint density at radius 2 is 2.31 bits per heavy atom. The maximum Gasteiger partial charge on any atom is 0.303 e. The fraction of sp³-hybridized carbons (Fsp3) is 0.636. The first kappa shape index (κ1) is 11.5. The number of hydrogen-bond donors (Lipinski definition) is 1. The summed E-state index contributed by atoms with van der Waals surface area (Å²) in [5.74, 6) is -0.201. The number of hydrogen-bond acceptors (Lipinski definition) is 4. The van der Waals surface area contributed by atoms with E-state index in [1.54, 1.807) is 11.3 Å². The molecule has 1 N–H and O–H groups in total. The summed E-state index contributed by atoms with van der Waals surface area (Å²) in [6, 6.07) is 0. The van der Waals surface area contributed by atoms with E-state index in [2.05, 4.69) is 4.98 Å². The molecule has 1 aromatic heterocycles. The van der Waals surface area contributed by atoms with Crippen molar-refractivity contribution in [2.45, 2.75) is 31.6 Å². The van der Waals surface area contributed by atoms with Gasteiger partial charge in [-0.3, -0.25) is 4.79 Å². The molecule has 5 heteroatoms. The highest BCUT2D eigenvalue weighted by atomic mass is 32.1. The predicted molar refractivity (Wildman–Crippen MR) is 60.9 cm³/mol. The molecule has 0 unspecified atom stereocenters. The third kappa shape index (κ3) is 3.02. The topological polar surface area (TPSA) is 59.4 Å².